The molecule has 1 aromatic carbocycles. The molecule has 0 bridgehead atoms. The lowest BCUT2D eigenvalue weighted by molar-refractivity contribution is 0.367. The van der Waals surface area contributed by atoms with Crippen molar-refractivity contribution in [1.29, 1.82) is 0 Å². The maximum Gasteiger partial charge on any atom is 0.253 e. The summed E-state index contributed by atoms with van der Waals surface area (Å²) in [5, 5.41) is 0. The van der Waals surface area contributed by atoms with E-state index in [-0.39, 0.29) is 10.9 Å². The fraction of sp³-hybridized carbons (Fsp3) is 0.733. The molecule has 0 aliphatic rings. The average Bonchev–Trinajstić information content (AvgIpc) is 2.31. The van der Waals surface area contributed by atoms with Crippen molar-refractivity contribution < 1.29 is 0 Å². The van der Waals surface area contributed by atoms with Crippen LogP contribution < -0.4 is 20.7 Å². The van der Waals surface area contributed by atoms with Gasteiger partial charge in [-0.05, 0) is 25.2 Å². The Morgan fingerprint density at radius 1 is 0.947 bits per heavy atom. The summed E-state index contributed by atoms with van der Waals surface area (Å²) in [6, 6.07) is 0. The third kappa shape index (κ3) is 3.58. The minimum atomic E-state index is -0.345. The summed E-state index contributed by atoms with van der Waals surface area (Å²) < 4.78 is 0. The Morgan fingerprint density at radius 3 is 1.84 bits per heavy atom. The molecule has 0 atom stereocenters. The van der Waals surface area contributed by atoms with E-state index in [1.165, 1.54) is 0 Å². The second-order valence-electron chi connectivity index (χ2n) is 6.46. The Kier molecular flexibility index (Phi) is 4.77. The van der Waals surface area contributed by atoms with Crippen molar-refractivity contribution in [2.75, 3.05) is 37.0 Å². The van der Waals surface area contributed by atoms with Crippen LogP contribution in [-0.2, 0) is 0 Å². The fourth-order valence-corrected chi connectivity index (χ4v) is 2.19. The van der Waals surface area contributed by atoms with Gasteiger partial charge < -0.3 is 9.80 Å². The van der Waals surface area contributed by atoms with Gasteiger partial charge in [-0.3, -0.25) is 9.59 Å². The topological polar surface area (TPSA) is 40.6 Å². The molecule has 0 spiro atoms. The van der Waals surface area contributed by atoms with Crippen molar-refractivity contribution in [2.24, 2.45) is 5.41 Å². The van der Waals surface area contributed by atoms with E-state index in [2.05, 4.69) is 20.8 Å². The summed E-state index contributed by atoms with van der Waals surface area (Å²) in [6.45, 7) is 10.1. The van der Waals surface area contributed by atoms with Crippen LogP contribution in [0.15, 0.2) is 9.59 Å². The van der Waals surface area contributed by atoms with Crippen LogP contribution >= 0.6 is 0 Å². The van der Waals surface area contributed by atoms with Gasteiger partial charge in [0.15, 0.2) is 0 Å². The highest BCUT2D eigenvalue weighted by Crippen LogP contribution is 2.24. The molecule has 19 heavy (non-hydrogen) atoms. The normalized spacial score (nSPS) is 11.9. The molecule has 1 rings (SSSR count). The Morgan fingerprint density at radius 2 is 1.42 bits per heavy atom. The largest absolute Gasteiger partial charge is 0.370 e. The Labute approximate surface area is 115 Å². The van der Waals surface area contributed by atoms with Crippen LogP contribution in [0.4, 0.5) is 11.4 Å². The van der Waals surface area contributed by atoms with Gasteiger partial charge in [-0.25, -0.2) is 0 Å². The molecule has 0 aliphatic heterocycles. The number of hydrogen-bond acceptors (Lipinski definition) is 4. The molecule has 0 N–H and O–H groups in total. The van der Waals surface area contributed by atoms with E-state index < -0.39 is 0 Å². The lowest BCUT2D eigenvalue weighted by Gasteiger charge is -2.28. The Bertz CT molecular complexity index is 493. The van der Waals surface area contributed by atoms with Gasteiger partial charge in [-0.1, -0.05) is 20.8 Å². The molecule has 0 unspecified atom stereocenters. The predicted molar refractivity (Wildman–Crippen MR) is 82.3 cm³/mol. The van der Waals surface area contributed by atoms with Crippen molar-refractivity contribution in [3.63, 3.8) is 0 Å². The van der Waals surface area contributed by atoms with Gasteiger partial charge in [0.05, 0.1) is 0 Å². The molecule has 0 aromatic heterocycles. The summed E-state index contributed by atoms with van der Waals surface area (Å²) >= 11 is 0. The van der Waals surface area contributed by atoms with Gasteiger partial charge in [0.25, 0.3) is 10.9 Å². The van der Waals surface area contributed by atoms with Crippen molar-refractivity contribution in [2.45, 2.75) is 40.5 Å². The van der Waals surface area contributed by atoms with E-state index in [1.807, 2.05) is 30.8 Å². The van der Waals surface area contributed by atoms with Gasteiger partial charge in [0.2, 0.25) is 0 Å². The van der Waals surface area contributed by atoms with E-state index in [0.29, 0.717) is 16.8 Å². The molecule has 108 valence electrons. The zero-order chi connectivity index (χ0) is 14.8. The van der Waals surface area contributed by atoms with Crippen molar-refractivity contribution >= 4 is 11.4 Å². The van der Waals surface area contributed by atoms with Crippen LogP contribution in [0.25, 0.3) is 0 Å². The van der Waals surface area contributed by atoms with Crippen LogP contribution in [0.5, 0.6) is 0 Å². The molecule has 0 heterocycles. The average molecular weight is 266 g/mol. The van der Waals surface area contributed by atoms with E-state index in [0.717, 1.165) is 25.9 Å². The maximum atomic E-state index is 11.7. The number of nitrogens with zero attached hydrogens (tertiary/aromatic N) is 2. The first-order chi connectivity index (χ1) is 8.69. The van der Waals surface area contributed by atoms with Crippen LogP contribution in [-0.4, -0.2) is 27.2 Å². The molecule has 4 heteroatoms. The van der Waals surface area contributed by atoms with Crippen LogP contribution in [0.3, 0.4) is 0 Å². The van der Waals surface area contributed by atoms with Gasteiger partial charge >= 0.3 is 0 Å². The first-order valence-corrected chi connectivity index (χ1v) is 6.94. The van der Waals surface area contributed by atoms with E-state index in [4.69, 9.17) is 0 Å². The van der Waals surface area contributed by atoms with Gasteiger partial charge in [-0.15, -0.1) is 0 Å². The molecular formula is C15H26N2O2. The lowest BCUT2D eigenvalue weighted by atomic mass is 9.90. The molecule has 0 amide bonds. The van der Waals surface area contributed by atoms with Gasteiger partial charge in [0, 0.05) is 27.2 Å². The van der Waals surface area contributed by atoms with E-state index in [9.17, 15) is 9.59 Å². The van der Waals surface area contributed by atoms with E-state index in [1.54, 1.807) is 0 Å². The van der Waals surface area contributed by atoms with Gasteiger partial charge in [-0.2, -0.15) is 0 Å². The highest BCUT2D eigenvalue weighted by atomic mass is 16.2. The molecule has 0 aliphatic carbocycles. The van der Waals surface area contributed by atoms with Crippen LogP contribution in [0, 0.1) is 5.41 Å². The summed E-state index contributed by atoms with van der Waals surface area (Å²) in [6.07, 6.45) is 2.12. The molecule has 1 aromatic rings. The maximum absolute atomic E-state index is 11.7. The molecule has 0 saturated carbocycles. The Balaban J connectivity index is 2.73. The highest BCUT2D eigenvalue weighted by molar-refractivity contribution is 5.75. The molecular weight excluding hydrogens is 240 g/mol. The third-order valence-corrected chi connectivity index (χ3v) is 3.52. The highest BCUT2D eigenvalue weighted by Gasteiger charge is 2.26. The quantitative estimate of drug-likeness (QED) is 0.738. The van der Waals surface area contributed by atoms with Crippen molar-refractivity contribution in [3.05, 3.63) is 20.4 Å². The summed E-state index contributed by atoms with van der Waals surface area (Å²) in [4.78, 5) is 27.1. The first kappa shape index (κ1) is 15.7. The standard InChI is InChI=1S/C15H26N2O2/c1-7-16(5)11-12(14(19)13(11)18)17(6)10-8-9-15(2,3)4/h7-10H2,1-6H3. The minimum absolute atomic E-state index is 0.303. The second kappa shape index (κ2) is 5.76. The summed E-state index contributed by atoms with van der Waals surface area (Å²) in [5.74, 6) is 0. The van der Waals surface area contributed by atoms with Crippen LogP contribution in [0.1, 0.15) is 40.5 Å². The monoisotopic (exact) mass is 266 g/mol. The predicted octanol–water partition coefficient (Wildman–Crippen LogP) is 2.00. The summed E-state index contributed by atoms with van der Waals surface area (Å²) in [7, 11) is 3.74. The second-order valence-corrected chi connectivity index (χ2v) is 6.46. The van der Waals surface area contributed by atoms with Crippen molar-refractivity contribution in [1.82, 2.24) is 0 Å². The number of rotatable bonds is 6. The van der Waals surface area contributed by atoms with Crippen LogP contribution in [0.2, 0.25) is 0 Å². The zero-order valence-corrected chi connectivity index (χ0v) is 13.0. The molecule has 4 nitrogen and oxygen atoms in total. The Hall–Kier alpha value is -1.32. The van der Waals surface area contributed by atoms with E-state index >= 15 is 0 Å². The molecule has 0 fully saturated rings. The summed E-state index contributed by atoms with van der Waals surface area (Å²) in [5.41, 5.74) is 0.780. The molecule has 0 saturated heterocycles. The van der Waals surface area contributed by atoms with Crippen molar-refractivity contribution in [3.8, 4) is 0 Å². The number of anilines is 2. The SMILES string of the molecule is CCN(C)c1c(N(C)CCCC(C)(C)C)c(=O)c1=O. The minimum Gasteiger partial charge on any atom is -0.370 e. The first-order valence-electron chi connectivity index (χ1n) is 6.94. The number of hydrogen-bond donors (Lipinski definition) is 0. The zero-order valence-electron chi connectivity index (χ0n) is 13.0. The smallest absolute Gasteiger partial charge is 0.253 e. The third-order valence-electron chi connectivity index (χ3n) is 3.52. The van der Waals surface area contributed by atoms with Gasteiger partial charge in [0.1, 0.15) is 11.4 Å². The molecule has 0 radical (unpaired) electrons. The lowest BCUT2D eigenvalue weighted by Crippen LogP contribution is -2.44. The fourth-order valence-electron chi connectivity index (χ4n) is 2.19.